The third kappa shape index (κ3) is 4.83. The lowest BCUT2D eigenvalue weighted by atomic mass is 10.0. The highest BCUT2D eigenvalue weighted by atomic mass is 79.9. The number of halogens is 2. The molecule has 0 fully saturated rings. The van der Waals surface area contributed by atoms with Gasteiger partial charge >= 0.3 is 5.97 Å². The fourth-order valence-electron chi connectivity index (χ4n) is 1.63. The second-order valence-electron chi connectivity index (χ2n) is 3.76. The first-order chi connectivity index (χ1) is 8.02. The van der Waals surface area contributed by atoms with E-state index in [-0.39, 0.29) is 18.3 Å². The highest BCUT2D eigenvalue weighted by molar-refractivity contribution is 9.10. The second kappa shape index (κ2) is 6.71. The average Bonchev–Trinajstić information content (AvgIpc) is 2.22. The molecule has 0 saturated carbocycles. The van der Waals surface area contributed by atoms with E-state index in [0.717, 1.165) is 12.0 Å². The summed E-state index contributed by atoms with van der Waals surface area (Å²) >= 11 is 3.24. The SMILES string of the molecule is CCC(NCCC(=O)O)c1cc(F)cc(Br)c1. The van der Waals surface area contributed by atoms with Gasteiger partial charge in [0, 0.05) is 17.1 Å². The molecule has 0 bridgehead atoms. The first-order valence-electron chi connectivity index (χ1n) is 5.44. The third-order valence-corrected chi connectivity index (χ3v) is 2.88. The van der Waals surface area contributed by atoms with Crippen molar-refractivity contribution in [2.75, 3.05) is 6.54 Å². The van der Waals surface area contributed by atoms with Crippen LogP contribution in [0.25, 0.3) is 0 Å². The van der Waals surface area contributed by atoms with Crippen molar-refractivity contribution < 1.29 is 14.3 Å². The van der Waals surface area contributed by atoms with E-state index in [2.05, 4.69) is 21.2 Å². The molecule has 0 aliphatic heterocycles. The zero-order valence-electron chi connectivity index (χ0n) is 9.54. The minimum absolute atomic E-state index is 0.0265. The molecule has 0 heterocycles. The van der Waals surface area contributed by atoms with Crippen LogP contribution in [-0.2, 0) is 4.79 Å². The van der Waals surface area contributed by atoms with Crippen LogP contribution in [0.2, 0.25) is 0 Å². The Morgan fingerprint density at radius 2 is 2.24 bits per heavy atom. The molecule has 0 aliphatic rings. The lowest BCUT2D eigenvalue weighted by Gasteiger charge is -2.17. The summed E-state index contributed by atoms with van der Waals surface area (Å²) in [6.07, 6.45) is 0.836. The van der Waals surface area contributed by atoms with Gasteiger partial charge in [0.2, 0.25) is 0 Å². The molecule has 0 aliphatic carbocycles. The molecule has 5 heteroatoms. The number of hydrogen-bond acceptors (Lipinski definition) is 2. The second-order valence-corrected chi connectivity index (χ2v) is 4.68. The van der Waals surface area contributed by atoms with Crippen LogP contribution >= 0.6 is 15.9 Å². The number of carbonyl (C=O) groups is 1. The molecule has 1 unspecified atom stereocenters. The van der Waals surface area contributed by atoms with Crippen LogP contribution in [0.15, 0.2) is 22.7 Å². The molecule has 1 rings (SSSR count). The Hall–Kier alpha value is -0.940. The van der Waals surface area contributed by atoms with E-state index in [1.54, 1.807) is 0 Å². The van der Waals surface area contributed by atoms with Gasteiger partial charge in [0.05, 0.1) is 6.42 Å². The maximum Gasteiger partial charge on any atom is 0.304 e. The topological polar surface area (TPSA) is 49.3 Å². The molecule has 3 nitrogen and oxygen atoms in total. The van der Waals surface area contributed by atoms with E-state index in [0.29, 0.717) is 11.0 Å². The summed E-state index contributed by atoms with van der Waals surface area (Å²) < 4.78 is 13.9. The lowest BCUT2D eigenvalue weighted by molar-refractivity contribution is -0.136. The number of nitrogens with one attached hydrogen (secondary N) is 1. The van der Waals surface area contributed by atoms with Gasteiger partial charge in [0.25, 0.3) is 0 Å². The average molecular weight is 304 g/mol. The van der Waals surface area contributed by atoms with E-state index >= 15 is 0 Å². The predicted molar refractivity (Wildman–Crippen MR) is 67.4 cm³/mol. The van der Waals surface area contributed by atoms with Crippen molar-refractivity contribution in [3.63, 3.8) is 0 Å². The van der Waals surface area contributed by atoms with Gasteiger partial charge in [0.1, 0.15) is 5.82 Å². The van der Waals surface area contributed by atoms with Crippen LogP contribution in [0.1, 0.15) is 31.4 Å². The number of carboxylic acid groups (broad SMARTS) is 1. The monoisotopic (exact) mass is 303 g/mol. The highest BCUT2D eigenvalue weighted by Gasteiger charge is 2.11. The van der Waals surface area contributed by atoms with Gasteiger partial charge < -0.3 is 10.4 Å². The van der Waals surface area contributed by atoms with Crippen molar-refractivity contribution in [2.45, 2.75) is 25.8 Å². The van der Waals surface area contributed by atoms with E-state index in [1.807, 2.05) is 13.0 Å². The normalized spacial score (nSPS) is 12.4. The Bertz CT molecular complexity index is 378. The summed E-state index contributed by atoms with van der Waals surface area (Å²) in [7, 11) is 0. The molecule has 1 atom stereocenters. The summed E-state index contributed by atoms with van der Waals surface area (Å²) in [6, 6.07) is 4.67. The van der Waals surface area contributed by atoms with Gasteiger partial charge in [-0.2, -0.15) is 0 Å². The molecule has 0 spiro atoms. The smallest absolute Gasteiger partial charge is 0.304 e. The van der Waals surface area contributed by atoms with Crippen LogP contribution in [0.3, 0.4) is 0 Å². The molecule has 17 heavy (non-hydrogen) atoms. The molecule has 94 valence electrons. The Balaban J connectivity index is 2.68. The summed E-state index contributed by atoms with van der Waals surface area (Å²) in [6.45, 7) is 2.35. The first kappa shape index (κ1) is 14.1. The molecule has 1 aromatic carbocycles. The largest absolute Gasteiger partial charge is 0.481 e. The maximum absolute atomic E-state index is 13.2. The van der Waals surface area contributed by atoms with E-state index < -0.39 is 5.97 Å². The quantitative estimate of drug-likeness (QED) is 0.849. The maximum atomic E-state index is 13.2. The highest BCUT2D eigenvalue weighted by Crippen LogP contribution is 2.22. The van der Waals surface area contributed by atoms with Crippen LogP contribution in [-0.4, -0.2) is 17.6 Å². The summed E-state index contributed by atoms with van der Waals surface area (Å²) in [5.41, 5.74) is 0.824. The number of rotatable bonds is 6. The minimum Gasteiger partial charge on any atom is -0.481 e. The van der Waals surface area contributed by atoms with E-state index in [4.69, 9.17) is 5.11 Å². The molecule has 1 aromatic rings. The Morgan fingerprint density at radius 1 is 1.53 bits per heavy atom. The number of aliphatic carboxylic acids is 1. The standard InChI is InChI=1S/C12H15BrFNO2/c1-2-11(15-4-3-12(16)17)8-5-9(13)7-10(14)6-8/h5-7,11,15H,2-4H2,1H3,(H,16,17). The summed E-state index contributed by atoms with van der Waals surface area (Å²) in [4.78, 5) is 10.4. The molecule has 0 amide bonds. The van der Waals surface area contributed by atoms with Gasteiger partial charge in [-0.15, -0.1) is 0 Å². The fraction of sp³-hybridized carbons (Fsp3) is 0.417. The first-order valence-corrected chi connectivity index (χ1v) is 6.23. The van der Waals surface area contributed by atoms with Crippen molar-refractivity contribution in [3.8, 4) is 0 Å². The van der Waals surface area contributed by atoms with Crippen molar-refractivity contribution in [3.05, 3.63) is 34.1 Å². The number of carboxylic acids is 1. The van der Waals surface area contributed by atoms with Gasteiger partial charge in [-0.3, -0.25) is 4.79 Å². The predicted octanol–water partition coefficient (Wildman–Crippen LogP) is 3.10. The molecule has 0 saturated heterocycles. The molecule has 2 N–H and O–H groups in total. The van der Waals surface area contributed by atoms with E-state index in [9.17, 15) is 9.18 Å². The molecular formula is C12H15BrFNO2. The number of hydrogen-bond donors (Lipinski definition) is 2. The summed E-state index contributed by atoms with van der Waals surface area (Å²) in [5.74, 6) is -1.14. The fourth-order valence-corrected chi connectivity index (χ4v) is 2.11. The van der Waals surface area contributed by atoms with Crippen molar-refractivity contribution >= 4 is 21.9 Å². The zero-order valence-corrected chi connectivity index (χ0v) is 11.1. The zero-order chi connectivity index (χ0) is 12.8. The lowest BCUT2D eigenvalue weighted by Crippen LogP contribution is -2.23. The van der Waals surface area contributed by atoms with Crippen molar-refractivity contribution in [2.24, 2.45) is 0 Å². The van der Waals surface area contributed by atoms with Gasteiger partial charge in [-0.05, 0) is 30.2 Å². The van der Waals surface area contributed by atoms with Crippen LogP contribution < -0.4 is 5.32 Å². The van der Waals surface area contributed by atoms with Crippen molar-refractivity contribution in [1.82, 2.24) is 5.32 Å². The van der Waals surface area contributed by atoms with Crippen molar-refractivity contribution in [1.29, 1.82) is 0 Å². The van der Waals surface area contributed by atoms with Crippen LogP contribution in [0, 0.1) is 5.82 Å². The Kier molecular flexibility index (Phi) is 5.58. The molecule has 0 radical (unpaired) electrons. The van der Waals surface area contributed by atoms with Crippen LogP contribution in [0.5, 0.6) is 0 Å². The summed E-state index contributed by atoms with van der Waals surface area (Å²) in [5, 5.41) is 11.7. The van der Waals surface area contributed by atoms with Crippen LogP contribution in [0.4, 0.5) is 4.39 Å². The van der Waals surface area contributed by atoms with E-state index in [1.165, 1.54) is 12.1 Å². The van der Waals surface area contributed by atoms with Gasteiger partial charge in [0.15, 0.2) is 0 Å². The van der Waals surface area contributed by atoms with Gasteiger partial charge in [-0.25, -0.2) is 4.39 Å². The third-order valence-electron chi connectivity index (χ3n) is 2.43. The van der Waals surface area contributed by atoms with Gasteiger partial charge in [-0.1, -0.05) is 22.9 Å². The molecular weight excluding hydrogens is 289 g/mol. The Morgan fingerprint density at radius 3 is 2.76 bits per heavy atom. The number of benzene rings is 1. The minimum atomic E-state index is -0.840. The Labute approximate surface area is 108 Å². The molecule has 0 aromatic heterocycles.